The molecule has 0 atom stereocenters. The number of hydrogen-bond donors (Lipinski definition) is 1. The average Bonchev–Trinajstić information content (AvgIpc) is 2.77. The number of non-ortho nitro benzene ring substituents is 1. The van der Waals surface area contributed by atoms with Crippen molar-refractivity contribution in [1.82, 2.24) is 9.55 Å². The van der Waals surface area contributed by atoms with Crippen LogP contribution in [0, 0.1) is 15.9 Å². The van der Waals surface area contributed by atoms with Gasteiger partial charge in [-0.05, 0) is 6.07 Å². The van der Waals surface area contributed by atoms with Crippen LogP contribution in [-0.2, 0) is 13.5 Å². The summed E-state index contributed by atoms with van der Waals surface area (Å²) in [6, 6.07) is 3.54. The van der Waals surface area contributed by atoms with E-state index in [1.54, 1.807) is 6.20 Å². The molecule has 0 bridgehead atoms. The minimum atomic E-state index is -0.631. The summed E-state index contributed by atoms with van der Waals surface area (Å²) in [4.78, 5) is 14.0. The fraction of sp³-hybridized carbons (Fsp3) is 0.250. The van der Waals surface area contributed by atoms with Gasteiger partial charge in [0.25, 0.3) is 5.69 Å². The molecular weight excluding hydrogens is 251 g/mol. The van der Waals surface area contributed by atoms with Crippen molar-refractivity contribution in [3.63, 3.8) is 0 Å². The van der Waals surface area contributed by atoms with Gasteiger partial charge in [0.05, 0.1) is 16.7 Å². The van der Waals surface area contributed by atoms with E-state index in [9.17, 15) is 14.5 Å². The number of aryl methyl sites for hydroxylation is 1. The van der Waals surface area contributed by atoms with Crippen molar-refractivity contribution in [1.29, 1.82) is 0 Å². The van der Waals surface area contributed by atoms with Crippen LogP contribution in [0.1, 0.15) is 5.82 Å². The molecule has 0 amide bonds. The third-order valence-corrected chi connectivity index (χ3v) is 2.75. The average molecular weight is 264 g/mol. The minimum absolute atomic E-state index is 0.250. The maximum absolute atomic E-state index is 13.6. The van der Waals surface area contributed by atoms with Crippen LogP contribution in [0.15, 0.2) is 30.6 Å². The Morgan fingerprint density at radius 2 is 2.32 bits per heavy atom. The highest BCUT2D eigenvalue weighted by atomic mass is 19.1. The van der Waals surface area contributed by atoms with E-state index in [0.717, 1.165) is 11.9 Å². The van der Waals surface area contributed by atoms with Gasteiger partial charge in [-0.1, -0.05) is 0 Å². The van der Waals surface area contributed by atoms with Crippen molar-refractivity contribution in [3.05, 3.63) is 52.3 Å². The zero-order chi connectivity index (χ0) is 13.8. The van der Waals surface area contributed by atoms with Crippen LogP contribution in [0.5, 0.6) is 0 Å². The second-order valence-corrected chi connectivity index (χ2v) is 4.05. The van der Waals surface area contributed by atoms with Crippen LogP contribution in [-0.4, -0.2) is 21.0 Å². The molecule has 0 aliphatic carbocycles. The zero-order valence-corrected chi connectivity index (χ0v) is 10.3. The first-order chi connectivity index (χ1) is 9.08. The first kappa shape index (κ1) is 13.0. The lowest BCUT2D eigenvalue weighted by molar-refractivity contribution is -0.385. The van der Waals surface area contributed by atoms with Crippen molar-refractivity contribution in [3.8, 4) is 0 Å². The van der Waals surface area contributed by atoms with Gasteiger partial charge in [0.1, 0.15) is 5.82 Å². The number of halogens is 1. The first-order valence-electron chi connectivity index (χ1n) is 5.72. The summed E-state index contributed by atoms with van der Waals surface area (Å²) >= 11 is 0. The normalized spacial score (nSPS) is 10.4. The summed E-state index contributed by atoms with van der Waals surface area (Å²) in [6.45, 7) is 0.500. The minimum Gasteiger partial charge on any atom is -0.382 e. The Morgan fingerprint density at radius 1 is 1.53 bits per heavy atom. The largest absolute Gasteiger partial charge is 0.382 e. The number of nitrogens with zero attached hydrogens (tertiary/aromatic N) is 3. The van der Waals surface area contributed by atoms with Gasteiger partial charge < -0.3 is 9.88 Å². The van der Waals surface area contributed by atoms with Gasteiger partial charge in [0, 0.05) is 38.5 Å². The number of nitrogens with one attached hydrogen (secondary N) is 1. The molecule has 0 aliphatic rings. The van der Waals surface area contributed by atoms with Crippen LogP contribution in [0.4, 0.5) is 15.8 Å². The maximum atomic E-state index is 13.6. The quantitative estimate of drug-likeness (QED) is 0.663. The fourth-order valence-electron chi connectivity index (χ4n) is 1.71. The molecule has 7 heteroatoms. The van der Waals surface area contributed by atoms with Crippen molar-refractivity contribution in [2.24, 2.45) is 7.05 Å². The van der Waals surface area contributed by atoms with Crippen molar-refractivity contribution in [2.45, 2.75) is 6.42 Å². The molecule has 6 nitrogen and oxygen atoms in total. The van der Waals surface area contributed by atoms with E-state index in [0.29, 0.717) is 13.0 Å². The molecule has 2 aromatic rings. The number of aromatic nitrogens is 2. The third kappa shape index (κ3) is 3.06. The van der Waals surface area contributed by atoms with E-state index in [-0.39, 0.29) is 11.4 Å². The maximum Gasteiger partial charge on any atom is 0.272 e. The first-order valence-corrected chi connectivity index (χ1v) is 5.72. The molecular formula is C12H13FN4O2. The molecule has 0 saturated heterocycles. The summed E-state index contributed by atoms with van der Waals surface area (Å²) < 4.78 is 15.5. The molecule has 1 N–H and O–H groups in total. The molecule has 0 aliphatic heterocycles. The highest BCUT2D eigenvalue weighted by Crippen LogP contribution is 2.20. The molecule has 19 heavy (non-hydrogen) atoms. The zero-order valence-electron chi connectivity index (χ0n) is 10.3. The number of nitro groups is 1. The molecule has 0 fully saturated rings. The van der Waals surface area contributed by atoms with Crippen LogP contribution in [0.2, 0.25) is 0 Å². The van der Waals surface area contributed by atoms with E-state index < -0.39 is 10.7 Å². The molecule has 100 valence electrons. The van der Waals surface area contributed by atoms with Gasteiger partial charge >= 0.3 is 0 Å². The van der Waals surface area contributed by atoms with Crippen LogP contribution >= 0.6 is 0 Å². The van der Waals surface area contributed by atoms with Crippen molar-refractivity contribution < 1.29 is 9.31 Å². The topological polar surface area (TPSA) is 73.0 Å². The van der Waals surface area contributed by atoms with Crippen molar-refractivity contribution in [2.75, 3.05) is 11.9 Å². The SMILES string of the molecule is Cn1ccnc1CCNc1ccc([N+](=O)[O-])cc1F. The van der Waals surface area contributed by atoms with Crippen LogP contribution in [0.25, 0.3) is 0 Å². The Hall–Kier alpha value is -2.44. The molecule has 1 aromatic carbocycles. The van der Waals surface area contributed by atoms with E-state index in [2.05, 4.69) is 10.3 Å². The number of anilines is 1. The number of hydrogen-bond acceptors (Lipinski definition) is 4. The summed E-state index contributed by atoms with van der Waals surface area (Å²) in [5.74, 6) is 0.254. The molecule has 0 radical (unpaired) electrons. The van der Waals surface area contributed by atoms with E-state index in [1.165, 1.54) is 12.1 Å². The van der Waals surface area contributed by atoms with Crippen LogP contribution in [0.3, 0.4) is 0 Å². The third-order valence-electron chi connectivity index (χ3n) is 2.75. The van der Waals surface area contributed by atoms with E-state index >= 15 is 0 Å². The molecule has 0 spiro atoms. The Bertz CT molecular complexity index is 597. The Labute approximate surface area is 109 Å². The molecule has 1 aromatic heterocycles. The predicted octanol–water partition coefficient (Wildman–Crippen LogP) is 2.12. The smallest absolute Gasteiger partial charge is 0.272 e. The highest BCUT2D eigenvalue weighted by Gasteiger charge is 2.10. The number of nitro benzene ring substituents is 1. The monoisotopic (exact) mass is 264 g/mol. The predicted molar refractivity (Wildman–Crippen MR) is 68.5 cm³/mol. The molecule has 0 unspecified atom stereocenters. The highest BCUT2D eigenvalue weighted by molar-refractivity contribution is 5.50. The summed E-state index contributed by atoms with van der Waals surface area (Å²) in [6.07, 6.45) is 4.17. The fourth-order valence-corrected chi connectivity index (χ4v) is 1.71. The number of imidazole rings is 1. The van der Waals surface area contributed by atoms with E-state index in [4.69, 9.17) is 0 Å². The number of rotatable bonds is 5. The lowest BCUT2D eigenvalue weighted by Gasteiger charge is -2.07. The Balaban J connectivity index is 1.96. The summed E-state index contributed by atoms with van der Waals surface area (Å²) in [7, 11) is 1.88. The van der Waals surface area contributed by atoms with Gasteiger partial charge in [-0.25, -0.2) is 9.37 Å². The molecule has 2 rings (SSSR count). The molecule has 1 heterocycles. The van der Waals surface area contributed by atoms with Gasteiger partial charge in [0.2, 0.25) is 0 Å². The second-order valence-electron chi connectivity index (χ2n) is 4.05. The lowest BCUT2D eigenvalue weighted by atomic mass is 10.2. The number of benzene rings is 1. The summed E-state index contributed by atoms with van der Waals surface area (Å²) in [5.41, 5.74) is -0.00744. The van der Waals surface area contributed by atoms with Gasteiger partial charge in [-0.15, -0.1) is 0 Å². The Morgan fingerprint density at radius 3 is 2.89 bits per heavy atom. The van der Waals surface area contributed by atoms with E-state index in [1.807, 2.05) is 17.8 Å². The van der Waals surface area contributed by atoms with Gasteiger partial charge in [0.15, 0.2) is 5.82 Å². The second kappa shape index (κ2) is 5.47. The van der Waals surface area contributed by atoms with Gasteiger partial charge in [-0.2, -0.15) is 0 Å². The lowest BCUT2D eigenvalue weighted by Crippen LogP contribution is -2.09. The molecule has 0 saturated carbocycles. The standard InChI is InChI=1S/C12H13FN4O2/c1-16-7-6-15-12(16)4-5-14-11-3-2-9(17(18)19)8-10(11)13/h2-3,6-8,14H,4-5H2,1H3. The Kier molecular flexibility index (Phi) is 3.74. The summed E-state index contributed by atoms with van der Waals surface area (Å²) in [5, 5.41) is 13.4. The van der Waals surface area contributed by atoms with Crippen LogP contribution < -0.4 is 5.32 Å². The van der Waals surface area contributed by atoms with Crippen molar-refractivity contribution >= 4 is 11.4 Å². The van der Waals surface area contributed by atoms with Gasteiger partial charge in [-0.3, -0.25) is 10.1 Å².